The molecule has 1 fully saturated rings. The van der Waals surface area contributed by atoms with Gasteiger partial charge in [-0.15, -0.1) is 0 Å². The Kier molecular flexibility index (Phi) is 4.35. The molecule has 0 radical (unpaired) electrons. The molecule has 2 rings (SSSR count). The first kappa shape index (κ1) is 12.3. The van der Waals surface area contributed by atoms with Crippen molar-refractivity contribution < 1.29 is 9.47 Å². The van der Waals surface area contributed by atoms with Gasteiger partial charge >= 0.3 is 0 Å². The van der Waals surface area contributed by atoms with Crippen LogP contribution in [0.4, 0.5) is 0 Å². The molecule has 1 aromatic rings. The molecule has 2 nitrogen and oxygen atoms in total. The van der Waals surface area contributed by atoms with Crippen LogP contribution >= 0.6 is 0 Å². The molecular formula is C15H20O2. The Balaban J connectivity index is 1.68. The third-order valence-corrected chi connectivity index (χ3v) is 3.03. The minimum absolute atomic E-state index is 0.350. The molecule has 0 saturated carbocycles. The van der Waals surface area contributed by atoms with E-state index in [1.54, 1.807) is 0 Å². The summed E-state index contributed by atoms with van der Waals surface area (Å²) in [5, 5.41) is 0. The van der Waals surface area contributed by atoms with Crippen LogP contribution in [0.2, 0.25) is 0 Å². The van der Waals surface area contributed by atoms with Crippen molar-refractivity contribution in [2.24, 2.45) is 0 Å². The average molecular weight is 232 g/mol. The average Bonchev–Trinajstić information content (AvgIpc) is 2.77. The molecule has 0 amide bonds. The largest absolute Gasteiger partial charge is 0.348 e. The molecule has 1 aliphatic heterocycles. The second-order valence-electron chi connectivity index (χ2n) is 4.53. The molecule has 0 bridgehead atoms. The van der Waals surface area contributed by atoms with Crippen LogP contribution in [0, 0.1) is 0 Å². The maximum Gasteiger partial charge on any atom is 0.166 e. The lowest BCUT2D eigenvalue weighted by Gasteiger charge is -2.20. The molecule has 2 heteroatoms. The Morgan fingerprint density at radius 3 is 2.53 bits per heavy atom. The highest BCUT2D eigenvalue weighted by atomic mass is 16.7. The van der Waals surface area contributed by atoms with Gasteiger partial charge in [0.2, 0.25) is 0 Å². The molecule has 1 heterocycles. The van der Waals surface area contributed by atoms with Crippen LogP contribution in [0.3, 0.4) is 0 Å². The number of rotatable bonds is 5. The number of hydrogen-bond acceptors (Lipinski definition) is 2. The third-order valence-electron chi connectivity index (χ3n) is 3.03. The predicted octanol–water partition coefficient (Wildman–Crippen LogP) is 3.33. The van der Waals surface area contributed by atoms with E-state index >= 15 is 0 Å². The standard InChI is InChI=1S/C15H20O2/c1-15(16-12-13-17-15)11-7-3-6-10-14-8-4-2-5-9-14/h2-6,8-9H,7,10-13H2,1H3. The summed E-state index contributed by atoms with van der Waals surface area (Å²) in [6.07, 6.45) is 7.36. The van der Waals surface area contributed by atoms with Crippen molar-refractivity contribution in [1.82, 2.24) is 0 Å². The Bertz CT molecular complexity index is 350. The van der Waals surface area contributed by atoms with Gasteiger partial charge in [0.15, 0.2) is 5.79 Å². The van der Waals surface area contributed by atoms with Crippen LogP contribution in [-0.4, -0.2) is 19.0 Å². The van der Waals surface area contributed by atoms with E-state index in [9.17, 15) is 0 Å². The summed E-state index contributed by atoms with van der Waals surface area (Å²) in [5.41, 5.74) is 1.35. The monoisotopic (exact) mass is 232 g/mol. The summed E-state index contributed by atoms with van der Waals surface area (Å²) in [5.74, 6) is -0.350. The van der Waals surface area contributed by atoms with Crippen LogP contribution < -0.4 is 0 Å². The molecule has 92 valence electrons. The molecule has 0 unspecified atom stereocenters. The maximum absolute atomic E-state index is 5.55. The van der Waals surface area contributed by atoms with Gasteiger partial charge < -0.3 is 9.47 Å². The highest BCUT2D eigenvalue weighted by molar-refractivity contribution is 5.17. The molecule has 0 aromatic heterocycles. The van der Waals surface area contributed by atoms with Crippen LogP contribution in [0.1, 0.15) is 25.3 Å². The number of benzene rings is 1. The Morgan fingerprint density at radius 1 is 1.12 bits per heavy atom. The number of hydrogen-bond donors (Lipinski definition) is 0. The van der Waals surface area contributed by atoms with E-state index in [1.165, 1.54) is 5.56 Å². The molecule has 0 aliphatic carbocycles. The predicted molar refractivity (Wildman–Crippen MR) is 68.8 cm³/mol. The SMILES string of the molecule is CC1(CCC=CCc2ccccc2)OCCO1. The molecule has 0 N–H and O–H groups in total. The van der Waals surface area contributed by atoms with E-state index in [4.69, 9.17) is 9.47 Å². The lowest BCUT2D eigenvalue weighted by atomic mass is 10.1. The van der Waals surface area contributed by atoms with Crippen LogP contribution in [0.15, 0.2) is 42.5 Å². The van der Waals surface area contributed by atoms with Gasteiger partial charge in [0.25, 0.3) is 0 Å². The van der Waals surface area contributed by atoms with E-state index in [1.807, 2.05) is 13.0 Å². The van der Waals surface area contributed by atoms with Crippen molar-refractivity contribution in [3.63, 3.8) is 0 Å². The highest BCUT2D eigenvalue weighted by Crippen LogP contribution is 2.24. The quantitative estimate of drug-likeness (QED) is 0.725. The van der Waals surface area contributed by atoms with E-state index < -0.39 is 0 Å². The lowest BCUT2D eigenvalue weighted by Crippen LogP contribution is -2.24. The molecule has 1 aromatic carbocycles. The number of ether oxygens (including phenoxy) is 2. The summed E-state index contributed by atoms with van der Waals surface area (Å²) in [6.45, 7) is 3.47. The zero-order chi connectivity index (χ0) is 12.0. The summed E-state index contributed by atoms with van der Waals surface area (Å²) >= 11 is 0. The Morgan fingerprint density at radius 2 is 1.82 bits per heavy atom. The number of allylic oxidation sites excluding steroid dienone is 2. The second-order valence-corrected chi connectivity index (χ2v) is 4.53. The topological polar surface area (TPSA) is 18.5 Å². The summed E-state index contributed by atoms with van der Waals surface area (Å²) in [6, 6.07) is 10.5. The van der Waals surface area contributed by atoms with Crippen molar-refractivity contribution in [3.05, 3.63) is 48.0 Å². The highest BCUT2D eigenvalue weighted by Gasteiger charge is 2.29. The first-order valence-corrected chi connectivity index (χ1v) is 6.25. The van der Waals surface area contributed by atoms with Gasteiger partial charge in [-0.05, 0) is 25.3 Å². The molecule has 0 spiro atoms. The minimum atomic E-state index is -0.350. The Hall–Kier alpha value is -1.12. The van der Waals surface area contributed by atoms with Crippen molar-refractivity contribution >= 4 is 0 Å². The van der Waals surface area contributed by atoms with Gasteiger partial charge in [-0.25, -0.2) is 0 Å². The zero-order valence-corrected chi connectivity index (χ0v) is 10.4. The first-order chi connectivity index (χ1) is 8.29. The normalized spacial score (nSPS) is 18.9. The third kappa shape index (κ3) is 3.99. The fraction of sp³-hybridized carbons (Fsp3) is 0.467. The van der Waals surface area contributed by atoms with E-state index in [0.29, 0.717) is 0 Å². The fourth-order valence-corrected chi connectivity index (χ4v) is 2.00. The minimum Gasteiger partial charge on any atom is -0.348 e. The summed E-state index contributed by atoms with van der Waals surface area (Å²) < 4.78 is 11.1. The zero-order valence-electron chi connectivity index (χ0n) is 10.4. The van der Waals surface area contributed by atoms with E-state index in [2.05, 4.69) is 36.4 Å². The van der Waals surface area contributed by atoms with E-state index in [-0.39, 0.29) is 5.79 Å². The summed E-state index contributed by atoms with van der Waals surface area (Å²) in [4.78, 5) is 0. The lowest BCUT2D eigenvalue weighted by molar-refractivity contribution is -0.145. The van der Waals surface area contributed by atoms with Gasteiger partial charge in [0.1, 0.15) is 0 Å². The molecule has 17 heavy (non-hydrogen) atoms. The van der Waals surface area contributed by atoms with Gasteiger partial charge in [-0.3, -0.25) is 0 Å². The van der Waals surface area contributed by atoms with Gasteiger partial charge in [-0.2, -0.15) is 0 Å². The van der Waals surface area contributed by atoms with Crippen molar-refractivity contribution in [2.45, 2.75) is 32.0 Å². The molecule has 1 saturated heterocycles. The molecule has 0 atom stereocenters. The fourth-order valence-electron chi connectivity index (χ4n) is 2.00. The van der Waals surface area contributed by atoms with Crippen LogP contribution in [0.25, 0.3) is 0 Å². The van der Waals surface area contributed by atoms with E-state index in [0.717, 1.165) is 32.5 Å². The van der Waals surface area contributed by atoms with Gasteiger partial charge in [0, 0.05) is 6.42 Å². The van der Waals surface area contributed by atoms with Crippen molar-refractivity contribution in [1.29, 1.82) is 0 Å². The van der Waals surface area contributed by atoms with Crippen LogP contribution in [0.5, 0.6) is 0 Å². The molecular weight excluding hydrogens is 212 g/mol. The van der Waals surface area contributed by atoms with Crippen LogP contribution in [-0.2, 0) is 15.9 Å². The second kappa shape index (κ2) is 5.99. The van der Waals surface area contributed by atoms with Gasteiger partial charge in [0.05, 0.1) is 13.2 Å². The smallest absolute Gasteiger partial charge is 0.166 e. The first-order valence-electron chi connectivity index (χ1n) is 6.25. The van der Waals surface area contributed by atoms with Crippen molar-refractivity contribution in [2.75, 3.05) is 13.2 Å². The Labute approximate surface area is 103 Å². The van der Waals surface area contributed by atoms with Gasteiger partial charge in [-0.1, -0.05) is 42.5 Å². The maximum atomic E-state index is 5.55. The summed E-state index contributed by atoms with van der Waals surface area (Å²) in [7, 11) is 0. The molecule has 1 aliphatic rings. The van der Waals surface area contributed by atoms with Crippen molar-refractivity contribution in [3.8, 4) is 0 Å².